The van der Waals surface area contributed by atoms with Gasteiger partial charge in [0.15, 0.2) is 0 Å². The number of nitrogens with two attached hydrogens (primary N) is 4. The first-order valence-electron chi connectivity index (χ1n) is 29.5. The molecule has 2 aliphatic rings. The molecule has 22 nitrogen and oxygen atoms in total. The van der Waals surface area contributed by atoms with Crippen LogP contribution in [-0.2, 0) is 68.5 Å². The van der Waals surface area contributed by atoms with Crippen molar-refractivity contribution in [1.29, 1.82) is 0 Å². The van der Waals surface area contributed by atoms with Crippen molar-refractivity contribution in [2.24, 2.45) is 22.9 Å². The molecule has 24 heteroatoms. The maximum Gasteiger partial charge on any atom is 0.305 e. The van der Waals surface area contributed by atoms with Crippen LogP contribution < -0.4 is 53.1 Å². The lowest BCUT2D eigenvalue weighted by Crippen LogP contribution is -2.35. The van der Waals surface area contributed by atoms with Gasteiger partial charge < -0.3 is 92.1 Å². The summed E-state index contributed by atoms with van der Waals surface area (Å²) in [5, 5.41) is 37.6. The lowest BCUT2D eigenvalue weighted by molar-refractivity contribution is -0.141. The standard InChI is InChI=1S/C17H29N3O3.C16H25NO4.C13H16O4.C10H12O3.C3H5ClO.C3H9N.C2H8N2.2CH4.B.H2/c1-13(2)20-11-15(21)12-23-16-6-3-14(4-7-16)5-8-17(22)19-10-9-18;1-12(2)17-10-14(18)11-21-15-7-4-13(5-8-15)6-9-16(19)20-3;1-15-13(14)7-4-10-2-5-11(6-3-10)16-8-12-9-17-12;1-13-10(12)7-4-8-2-5-9(11)6-3-8;4-1-3-2-5-3;1-3(2)4;3-1-2-4;;;;/h3-4,6-7,13,15,20-21H,5,8-12,18H2,1-2H3,(H,19,22);4-5,7-8,12,14,17-18H,6,9-11H2,1-3H3;2-3,5-6,12H,4,7-9H2,1H3;2-3,5-6,11H,4,7H2,1H3;3H,1-2H2;3H,4H2,1-2H3;1-4H2;2*1H4;;1H/i;;;;;;;;;;1+1. The summed E-state index contributed by atoms with van der Waals surface area (Å²) < 4.78 is 40.1. The molecule has 0 spiro atoms. The molecule has 0 aromatic heterocycles. The summed E-state index contributed by atoms with van der Waals surface area (Å²) in [5.41, 5.74) is 24.5. The van der Waals surface area contributed by atoms with E-state index in [1.807, 2.05) is 114 Å². The smallest absolute Gasteiger partial charge is 0.305 e. The van der Waals surface area contributed by atoms with Crippen LogP contribution in [0, 0.1) is 0 Å². The maximum absolute atomic E-state index is 11.5. The number of aliphatic hydroxyl groups excluding tert-OH is 2. The van der Waals surface area contributed by atoms with Gasteiger partial charge in [0.2, 0.25) is 5.91 Å². The molecule has 2 heterocycles. The summed E-state index contributed by atoms with van der Waals surface area (Å²) in [4.78, 5) is 44.3. The average molecular weight is 1290 g/mol. The zero-order chi connectivity index (χ0) is 65.2. The van der Waals surface area contributed by atoms with Crippen molar-refractivity contribution < 1.29 is 73.8 Å². The number of phenolic OH excluding ortho intramolecular Hbond substituents is 1. The molecule has 4 unspecified atom stereocenters. The number of esters is 3. The molecular weight excluding hydrogens is 1180 g/mol. The molecule has 14 N–H and O–H groups in total. The Bertz CT molecular complexity index is 2340. The molecule has 90 heavy (non-hydrogen) atoms. The number of phenols is 1. The fraction of sp³-hybridized carbons (Fsp3) is 0.576. The Morgan fingerprint density at radius 3 is 1.13 bits per heavy atom. The van der Waals surface area contributed by atoms with Gasteiger partial charge in [-0.2, -0.15) is 0 Å². The summed E-state index contributed by atoms with van der Waals surface area (Å²) in [6.45, 7) is 18.0. The predicted octanol–water partition coefficient (Wildman–Crippen LogP) is 6.05. The molecule has 2 fully saturated rings. The topological polar surface area (TPSA) is 350 Å². The van der Waals surface area contributed by atoms with E-state index in [-0.39, 0.29) is 73.6 Å². The summed E-state index contributed by atoms with van der Waals surface area (Å²) in [7, 11) is 4.16. The Hall–Kier alpha value is -6.09. The molecule has 4 aromatic rings. The molecular formula is C66H114BClN7O15. The SMILES string of the molecule is C.C.CC(C)N.CC(C)NCC(O)COc1ccc(CCC(=O)NCCN)cc1.COC(=O)CCc1ccc(O)cc1.COC(=O)CCc1ccc(OCC(O)CNC(C)C)cc1.COC(=O)CCc1ccc(OCC2CO2)cc1.ClCC1CO1.NCCN.[2HH].[B]. The first-order valence-corrected chi connectivity index (χ1v) is 30.0. The zero-order valence-electron chi connectivity index (χ0n) is 53.4. The van der Waals surface area contributed by atoms with Crippen LogP contribution in [0.15, 0.2) is 97.1 Å². The molecule has 2 aliphatic heterocycles. The first kappa shape index (κ1) is 90.3. The second-order valence-corrected chi connectivity index (χ2v) is 21.0. The van der Waals surface area contributed by atoms with Gasteiger partial charge in [0.05, 0.1) is 46.5 Å². The zero-order valence-corrected chi connectivity index (χ0v) is 54.2. The number of epoxide rings is 2. The molecule has 513 valence electrons. The van der Waals surface area contributed by atoms with Gasteiger partial charge in [-0.3, -0.25) is 19.2 Å². The minimum atomic E-state index is -0.539. The minimum Gasteiger partial charge on any atom is -0.508 e. The van der Waals surface area contributed by atoms with E-state index in [1.54, 1.807) is 24.3 Å². The number of methoxy groups -OCH3 is 3. The second-order valence-electron chi connectivity index (χ2n) is 20.7. The van der Waals surface area contributed by atoms with E-state index >= 15 is 0 Å². The number of ether oxygens (including phenoxy) is 8. The fourth-order valence-electron chi connectivity index (χ4n) is 6.28. The van der Waals surface area contributed by atoms with Crippen LogP contribution in [-0.4, -0.2) is 190 Å². The largest absolute Gasteiger partial charge is 0.508 e. The quantitative estimate of drug-likeness (QED) is 0.00901. The van der Waals surface area contributed by atoms with Crippen molar-refractivity contribution in [2.45, 2.75) is 150 Å². The van der Waals surface area contributed by atoms with E-state index in [9.17, 15) is 29.4 Å². The highest BCUT2D eigenvalue weighted by atomic mass is 35.5. The van der Waals surface area contributed by atoms with Gasteiger partial charge in [-0.25, -0.2) is 0 Å². The predicted molar refractivity (Wildman–Crippen MR) is 363 cm³/mol. The average Bonchev–Trinajstić information content (AvgIpc) is 4.39. The van der Waals surface area contributed by atoms with Crippen molar-refractivity contribution in [3.8, 4) is 23.0 Å². The van der Waals surface area contributed by atoms with Gasteiger partial charge >= 0.3 is 17.9 Å². The van der Waals surface area contributed by atoms with Gasteiger partial charge in [-0.1, -0.05) is 105 Å². The lowest BCUT2D eigenvalue weighted by Gasteiger charge is -2.15. The molecule has 4 aromatic carbocycles. The molecule has 0 aliphatic carbocycles. The van der Waals surface area contributed by atoms with Crippen LogP contribution in [0.4, 0.5) is 0 Å². The molecule has 2 saturated heterocycles. The number of hydrogen-bond donors (Lipinski definition) is 10. The van der Waals surface area contributed by atoms with E-state index in [0.717, 1.165) is 41.2 Å². The normalized spacial score (nSPS) is 13.3. The van der Waals surface area contributed by atoms with Gasteiger partial charge in [0.25, 0.3) is 0 Å². The number of halogens is 1. The van der Waals surface area contributed by atoms with Crippen LogP contribution in [0.3, 0.4) is 0 Å². The van der Waals surface area contributed by atoms with E-state index in [0.29, 0.717) is 139 Å². The summed E-state index contributed by atoms with van der Waals surface area (Å²) in [5.74, 6) is 2.56. The van der Waals surface area contributed by atoms with Crippen LogP contribution in [0.5, 0.6) is 23.0 Å². The van der Waals surface area contributed by atoms with Crippen molar-refractivity contribution in [2.75, 3.05) is 99.5 Å². The molecule has 0 bridgehead atoms. The summed E-state index contributed by atoms with van der Waals surface area (Å²) in [6.07, 6.45) is 3.86. The van der Waals surface area contributed by atoms with Crippen molar-refractivity contribution in [1.82, 2.24) is 16.0 Å². The number of aromatic hydroxyl groups is 1. The fourth-order valence-corrected chi connectivity index (χ4v) is 6.46. The van der Waals surface area contributed by atoms with Crippen LogP contribution in [0.25, 0.3) is 0 Å². The Morgan fingerprint density at radius 1 is 0.556 bits per heavy atom. The highest BCUT2D eigenvalue weighted by molar-refractivity contribution is 6.18. The number of aryl methyl sites for hydroxylation is 4. The van der Waals surface area contributed by atoms with E-state index in [1.165, 1.54) is 21.3 Å². The first-order chi connectivity index (χ1) is 41.6. The maximum atomic E-state index is 11.5. The number of nitrogens with one attached hydrogen (secondary N) is 3. The Labute approximate surface area is 546 Å². The van der Waals surface area contributed by atoms with Crippen molar-refractivity contribution in [3.05, 3.63) is 119 Å². The van der Waals surface area contributed by atoms with Gasteiger partial charge in [0.1, 0.15) is 61.1 Å². The number of carbonyl (C=O) groups excluding carboxylic acids is 4. The van der Waals surface area contributed by atoms with E-state index in [2.05, 4.69) is 30.2 Å². The molecule has 0 saturated carbocycles. The third kappa shape index (κ3) is 55.9. The minimum absolute atomic E-state index is 0. The number of aliphatic hydroxyl groups is 2. The van der Waals surface area contributed by atoms with Gasteiger partial charge in [-0.05, 0) is 103 Å². The number of alkyl halides is 1. The van der Waals surface area contributed by atoms with E-state index < -0.39 is 12.2 Å². The van der Waals surface area contributed by atoms with Crippen LogP contribution in [0.1, 0.15) is 106 Å². The van der Waals surface area contributed by atoms with Gasteiger partial charge in [-0.15, -0.1) is 11.6 Å². The highest BCUT2D eigenvalue weighted by Crippen LogP contribution is 2.18. The molecule has 3 radical (unpaired) electrons. The number of carbonyl (C=O) groups is 4. The Morgan fingerprint density at radius 2 is 0.867 bits per heavy atom. The summed E-state index contributed by atoms with van der Waals surface area (Å²) >= 11 is 5.27. The number of hydrogen-bond acceptors (Lipinski definition) is 21. The second kappa shape index (κ2) is 58.0. The molecule has 4 atom stereocenters. The number of benzene rings is 4. The van der Waals surface area contributed by atoms with Crippen molar-refractivity contribution in [3.63, 3.8) is 0 Å². The third-order valence-corrected chi connectivity index (χ3v) is 11.7. The lowest BCUT2D eigenvalue weighted by atomic mass is 10.1. The van der Waals surface area contributed by atoms with Crippen LogP contribution in [0.2, 0.25) is 0 Å². The third-order valence-electron chi connectivity index (χ3n) is 11.3. The monoisotopic (exact) mass is 1290 g/mol. The number of rotatable bonds is 31. The van der Waals surface area contributed by atoms with Gasteiger partial charge in [0, 0.05) is 86.9 Å². The highest BCUT2D eigenvalue weighted by Gasteiger charge is 2.23. The molecule has 1 amide bonds. The molecule has 6 rings (SSSR count). The Balaban J connectivity index is -0.000000337. The van der Waals surface area contributed by atoms with E-state index in [4.69, 9.17) is 63.3 Å². The van der Waals surface area contributed by atoms with Crippen molar-refractivity contribution >= 4 is 43.8 Å². The summed E-state index contributed by atoms with van der Waals surface area (Å²) in [6, 6.07) is 30.6. The number of amides is 1. The Kier molecular flexibility index (Phi) is 58.2. The van der Waals surface area contributed by atoms with Crippen LogP contribution >= 0.6 is 11.6 Å².